The molecule has 5 heteroatoms. The molecule has 2 aliphatic heterocycles. The van der Waals surface area contributed by atoms with Crippen LogP contribution in [0.5, 0.6) is 0 Å². The van der Waals surface area contributed by atoms with Crippen molar-refractivity contribution in [3.05, 3.63) is 16.1 Å². The van der Waals surface area contributed by atoms with Crippen LogP contribution >= 0.6 is 11.3 Å². The Hall–Kier alpha value is -0.940. The minimum atomic E-state index is 0.00375. The van der Waals surface area contributed by atoms with Gasteiger partial charge in [-0.1, -0.05) is 0 Å². The van der Waals surface area contributed by atoms with Crippen molar-refractivity contribution in [1.29, 1.82) is 0 Å². The maximum absolute atomic E-state index is 12.7. The lowest BCUT2D eigenvalue weighted by Gasteiger charge is -2.56. The van der Waals surface area contributed by atoms with E-state index in [-0.39, 0.29) is 6.04 Å². The molecule has 0 unspecified atom stereocenters. The first-order valence-corrected chi connectivity index (χ1v) is 12.0. The van der Waals surface area contributed by atoms with Crippen LogP contribution in [0.4, 0.5) is 0 Å². The normalized spacial score (nSPS) is 43.5. The summed E-state index contributed by atoms with van der Waals surface area (Å²) in [6.07, 6.45) is 11.0. The van der Waals surface area contributed by atoms with Gasteiger partial charge in [-0.15, -0.1) is 11.3 Å². The number of carbonyl (C=O) groups is 1. The molecule has 0 aromatic carbocycles. The topological polar surface area (TPSA) is 36.4 Å². The third-order valence-corrected chi connectivity index (χ3v) is 9.56. The molecule has 6 aliphatic rings. The lowest BCUT2D eigenvalue weighted by molar-refractivity contribution is -0.143. The van der Waals surface area contributed by atoms with E-state index < -0.39 is 0 Å². The number of aromatic nitrogens is 1. The zero-order chi connectivity index (χ0) is 18.2. The Morgan fingerprint density at radius 1 is 1.19 bits per heavy atom. The summed E-state index contributed by atoms with van der Waals surface area (Å²) in [5, 5.41) is 3.72. The van der Waals surface area contributed by atoms with Gasteiger partial charge in [0.25, 0.3) is 0 Å². The SMILES string of the molecule is C[C@H]1C(=O)N2CCC[C@H]2CN1Cc1csc(C23CC4CC(CC(C4)C2)C3)n1. The van der Waals surface area contributed by atoms with Crippen LogP contribution in [0.1, 0.15) is 69.0 Å². The van der Waals surface area contributed by atoms with Crippen molar-refractivity contribution in [3.8, 4) is 0 Å². The molecule has 4 bridgehead atoms. The van der Waals surface area contributed by atoms with Crippen molar-refractivity contribution in [2.75, 3.05) is 13.1 Å². The zero-order valence-electron chi connectivity index (χ0n) is 16.4. The molecule has 0 radical (unpaired) electrons. The van der Waals surface area contributed by atoms with Crippen molar-refractivity contribution >= 4 is 17.2 Å². The Morgan fingerprint density at radius 2 is 1.89 bits per heavy atom. The van der Waals surface area contributed by atoms with E-state index in [1.54, 1.807) is 0 Å². The minimum absolute atomic E-state index is 0.00375. The molecular weight excluding hydrogens is 354 g/mol. The average molecular weight is 386 g/mol. The van der Waals surface area contributed by atoms with E-state index in [1.807, 2.05) is 11.3 Å². The van der Waals surface area contributed by atoms with Crippen molar-refractivity contribution in [1.82, 2.24) is 14.8 Å². The predicted molar refractivity (Wildman–Crippen MR) is 107 cm³/mol. The van der Waals surface area contributed by atoms with Gasteiger partial charge < -0.3 is 4.90 Å². The molecule has 2 atom stereocenters. The Balaban J connectivity index is 1.21. The highest BCUT2D eigenvalue weighted by atomic mass is 32.1. The van der Waals surface area contributed by atoms with Crippen LogP contribution in [0.25, 0.3) is 0 Å². The van der Waals surface area contributed by atoms with Crippen molar-refractivity contribution in [2.24, 2.45) is 17.8 Å². The molecule has 4 saturated carbocycles. The molecular formula is C22H31N3OS. The molecule has 146 valence electrons. The Kier molecular flexibility index (Phi) is 3.79. The largest absolute Gasteiger partial charge is 0.337 e. The van der Waals surface area contributed by atoms with Gasteiger partial charge in [0.2, 0.25) is 5.91 Å². The zero-order valence-corrected chi connectivity index (χ0v) is 17.2. The second kappa shape index (κ2) is 6.03. The molecule has 7 rings (SSSR count). The number of hydrogen-bond donors (Lipinski definition) is 0. The number of hydrogen-bond acceptors (Lipinski definition) is 4. The highest BCUT2D eigenvalue weighted by molar-refractivity contribution is 7.09. The number of rotatable bonds is 3. The lowest BCUT2D eigenvalue weighted by Crippen LogP contribution is -2.58. The fourth-order valence-corrected chi connectivity index (χ4v) is 8.59. The fraction of sp³-hybridized carbons (Fsp3) is 0.818. The second-order valence-electron chi connectivity index (χ2n) is 10.3. The van der Waals surface area contributed by atoms with E-state index in [9.17, 15) is 4.79 Å². The molecule has 1 aromatic rings. The van der Waals surface area contributed by atoms with E-state index in [1.165, 1.54) is 62.1 Å². The molecule has 2 saturated heterocycles. The van der Waals surface area contributed by atoms with Crippen molar-refractivity contribution in [3.63, 3.8) is 0 Å². The maximum Gasteiger partial charge on any atom is 0.239 e. The number of carbonyl (C=O) groups excluding carboxylic acids is 1. The molecule has 1 amide bonds. The standard InChI is InChI=1S/C22H31N3OS/c1-14-20(26)25-4-2-3-19(25)12-24(14)11-18-13-27-21(23-18)22-8-15-5-16(9-22)7-17(6-15)10-22/h13-17,19H,2-12H2,1H3/t14-,15?,16?,17?,19-,22?/m0/s1. The summed E-state index contributed by atoms with van der Waals surface area (Å²) in [7, 11) is 0. The summed E-state index contributed by atoms with van der Waals surface area (Å²) in [5.41, 5.74) is 1.61. The molecule has 4 aliphatic carbocycles. The first kappa shape index (κ1) is 17.0. The van der Waals surface area contributed by atoms with Crippen LogP contribution in [0.15, 0.2) is 5.38 Å². The van der Waals surface area contributed by atoms with Crippen molar-refractivity contribution < 1.29 is 4.79 Å². The second-order valence-corrected chi connectivity index (χ2v) is 11.1. The van der Waals surface area contributed by atoms with Gasteiger partial charge in [-0.2, -0.15) is 0 Å². The number of piperazine rings is 1. The smallest absolute Gasteiger partial charge is 0.239 e. The number of amides is 1. The first-order chi connectivity index (χ1) is 13.1. The van der Waals surface area contributed by atoms with Gasteiger partial charge in [0.1, 0.15) is 0 Å². The summed E-state index contributed by atoms with van der Waals surface area (Å²) in [6.45, 7) is 4.93. The number of thiazole rings is 1. The van der Waals surface area contributed by atoms with Gasteiger partial charge in [-0.25, -0.2) is 4.98 Å². The van der Waals surface area contributed by atoms with E-state index >= 15 is 0 Å². The van der Waals surface area contributed by atoms with Gasteiger partial charge in [-0.3, -0.25) is 9.69 Å². The van der Waals surface area contributed by atoms with Crippen LogP contribution in [-0.4, -0.2) is 45.9 Å². The molecule has 0 spiro atoms. The van der Waals surface area contributed by atoms with E-state index in [4.69, 9.17) is 4.98 Å². The van der Waals surface area contributed by atoms with Crippen LogP contribution in [0, 0.1) is 17.8 Å². The van der Waals surface area contributed by atoms with Crippen LogP contribution in [0.2, 0.25) is 0 Å². The summed E-state index contributed by atoms with van der Waals surface area (Å²) < 4.78 is 0. The Morgan fingerprint density at radius 3 is 2.59 bits per heavy atom. The summed E-state index contributed by atoms with van der Waals surface area (Å²) in [5.74, 6) is 3.24. The Bertz CT molecular complexity index is 723. The van der Waals surface area contributed by atoms with Crippen LogP contribution in [0.3, 0.4) is 0 Å². The molecule has 4 nitrogen and oxygen atoms in total. The Labute approximate surface area is 166 Å². The summed E-state index contributed by atoms with van der Waals surface area (Å²) >= 11 is 1.91. The van der Waals surface area contributed by atoms with Gasteiger partial charge in [0, 0.05) is 36.5 Å². The monoisotopic (exact) mass is 385 g/mol. The first-order valence-electron chi connectivity index (χ1n) is 11.1. The molecule has 3 heterocycles. The highest BCUT2D eigenvalue weighted by Crippen LogP contribution is 2.61. The van der Waals surface area contributed by atoms with E-state index in [0.29, 0.717) is 17.4 Å². The third kappa shape index (κ3) is 2.64. The van der Waals surface area contributed by atoms with Crippen molar-refractivity contribution in [2.45, 2.75) is 82.3 Å². The maximum atomic E-state index is 12.7. The molecule has 1 aromatic heterocycles. The quantitative estimate of drug-likeness (QED) is 0.794. The van der Waals surface area contributed by atoms with Gasteiger partial charge >= 0.3 is 0 Å². The van der Waals surface area contributed by atoms with Gasteiger partial charge in [0.05, 0.1) is 16.7 Å². The van der Waals surface area contributed by atoms with Crippen LogP contribution in [-0.2, 0) is 16.8 Å². The lowest BCUT2D eigenvalue weighted by atomic mass is 9.50. The summed E-state index contributed by atoms with van der Waals surface area (Å²) in [6, 6.07) is 0.444. The number of fused-ring (bicyclic) bond motifs is 1. The predicted octanol–water partition coefficient (Wildman–Crippen LogP) is 3.81. The highest BCUT2D eigenvalue weighted by Gasteiger charge is 2.53. The minimum Gasteiger partial charge on any atom is -0.337 e. The fourth-order valence-electron chi connectivity index (χ4n) is 7.55. The average Bonchev–Trinajstić information content (AvgIpc) is 3.28. The van der Waals surface area contributed by atoms with Crippen LogP contribution < -0.4 is 0 Å². The molecule has 0 N–H and O–H groups in total. The summed E-state index contributed by atoms with van der Waals surface area (Å²) in [4.78, 5) is 22.4. The third-order valence-electron chi connectivity index (χ3n) is 8.42. The van der Waals surface area contributed by atoms with E-state index in [0.717, 1.165) is 37.4 Å². The van der Waals surface area contributed by atoms with Gasteiger partial charge in [-0.05, 0) is 76.0 Å². The van der Waals surface area contributed by atoms with E-state index in [2.05, 4.69) is 22.1 Å². The van der Waals surface area contributed by atoms with Gasteiger partial charge in [0.15, 0.2) is 0 Å². The number of nitrogens with zero attached hydrogens (tertiary/aromatic N) is 3. The molecule has 6 fully saturated rings. The molecule has 27 heavy (non-hydrogen) atoms.